The van der Waals surface area contributed by atoms with Gasteiger partial charge in [0.05, 0.1) is 6.26 Å². The van der Waals surface area contributed by atoms with E-state index in [-0.39, 0.29) is 0 Å². The van der Waals surface area contributed by atoms with Gasteiger partial charge in [-0.15, -0.1) is 0 Å². The predicted molar refractivity (Wildman–Crippen MR) is 34.9 cm³/mol. The molecule has 2 nitrogen and oxygen atoms in total. The van der Waals surface area contributed by atoms with Gasteiger partial charge in [-0.1, -0.05) is 6.08 Å². The first-order valence-corrected chi connectivity index (χ1v) is 2.66. The van der Waals surface area contributed by atoms with E-state index in [1.54, 1.807) is 6.26 Å². The van der Waals surface area contributed by atoms with Crippen LogP contribution in [0.2, 0.25) is 0 Å². The Bertz CT molecular complexity index is 86.5. The molecule has 46 valence electrons. The van der Waals surface area contributed by atoms with Gasteiger partial charge in [-0.2, -0.15) is 0 Å². The van der Waals surface area contributed by atoms with Crippen LogP contribution in [0.5, 0.6) is 0 Å². The fraction of sp³-hybridized carbons (Fsp3) is 0.500. The summed E-state index contributed by atoms with van der Waals surface area (Å²) in [5.41, 5.74) is 0. The van der Waals surface area contributed by atoms with E-state index < -0.39 is 0 Å². The van der Waals surface area contributed by atoms with Crippen LogP contribution in [0.4, 0.5) is 0 Å². The Morgan fingerprint density at radius 2 is 2.38 bits per heavy atom. The van der Waals surface area contributed by atoms with Crippen molar-refractivity contribution in [3.63, 3.8) is 0 Å². The minimum absolute atomic E-state index is 0.775. The van der Waals surface area contributed by atoms with Crippen molar-refractivity contribution in [3.8, 4) is 0 Å². The molecule has 0 heterocycles. The molecule has 0 radical (unpaired) electrons. The molecule has 0 aromatic heterocycles. The number of aliphatic imine (C=N–C) groups is 1. The van der Waals surface area contributed by atoms with Crippen LogP contribution >= 0.6 is 0 Å². The molecule has 0 aromatic carbocycles. The van der Waals surface area contributed by atoms with Gasteiger partial charge < -0.3 is 4.74 Å². The molecule has 0 aliphatic rings. The second-order valence-corrected chi connectivity index (χ2v) is 1.21. The van der Waals surface area contributed by atoms with Crippen molar-refractivity contribution in [2.45, 2.75) is 13.8 Å². The monoisotopic (exact) mass is 113 g/mol. The van der Waals surface area contributed by atoms with Crippen LogP contribution in [0.1, 0.15) is 13.8 Å². The third kappa shape index (κ3) is 5.21. The molecule has 2 heteroatoms. The van der Waals surface area contributed by atoms with Crippen molar-refractivity contribution in [3.05, 3.63) is 12.3 Å². The number of nitrogens with zero attached hydrogens (tertiary/aromatic N) is 1. The minimum atomic E-state index is 0.775. The summed E-state index contributed by atoms with van der Waals surface area (Å²) < 4.78 is 4.75. The molecular weight excluding hydrogens is 102 g/mol. The summed E-state index contributed by atoms with van der Waals surface area (Å²) in [6.07, 6.45) is 4.82. The highest BCUT2D eigenvalue weighted by atomic mass is 16.5. The first-order valence-electron chi connectivity index (χ1n) is 2.66. The van der Waals surface area contributed by atoms with Gasteiger partial charge in [-0.3, -0.25) is 4.99 Å². The highest BCUT2D eigenvalue weighted by Gasteiger charge is 1.63. The van der Waals surface area contributed by atoms with Crippen molar-refractivity contribution >= 4 is 6.40 Å². The molecule has 0 aliphatic heterocycles. The lowest BCUT2D eigenvalue weighted by molar-refractivity contribution is 0.491. The highest BCUT2D eigenvalue weighted by Crippen LogP contribution is 1.71. The lowest BCUT2D eigenvalue weighted by Gasteiger charge is -1.83. The Kier molecular flexibility index (Phi) is 5.60. The zero-order chi connectivity index (χ0) is 6.24. The molecule has 0 amide bonds. The quantitative estimate of drug-likeness (QED) is 0.309. The Labute approximate surface area is 49.9 Å². The van der Waals surface area contributed by atoms with Gasteiger partial charge in [0, 0.05) is 6.54 Å². The molecule has 8 heavy (non-hydrogen) atoms. The fourth-order valence-electron chi connectivity index (χ4n) is 0.231. The topological polar surface area (TPSA) is 21.6 Å². The molecule has 0 unspecified atom stereocenters. The molecule has 0 fully saturated rings. The average molecular weight is 113 g/mol. The molecule has 0 saturated carbocycles. The summed E-state index contributed by atoms with van der Waals surface area (Å²) in [4.78, 5) is 3.81. The van der Waals surface area contributed by atoms with Gasteiger partial charge in [0.25, 0.3) is 0 Å². The Morgan fingerprint density at radius 1 is 1.62 bits per heavy atom. The highest BCUT2D eigenvalue weighted by molar-refractivity contribution is 5.46. The van der Waals surface area contributed by atoms with Crippen molar-refractivity contribution in [1.82, 2.24) is 0 Å². The van der Waals surface area contributed by atoms with Crippen LogP contribution in [0, 0.1) is 0 Å². The van der Waals surface area contributed by atoms with E-state index in [9.17, 15) is 0 Å². The molecule has 0 atom stereocenters. The van der Waals surface area contributed by atoms with Crippen LogP contribution in [0.15, 0.2) is 17.3 Å². The standard InChI is InChI=1S/C6H11NO/c1-3-5-8-6-7-4-2/h3,5-6H,4H2,1-2H3/b5-3+,7-6?. The largest absolute Gasteiger partial charge is 0.454 e. The van der Waals surface area contributed by atoms with Gasteiger partial charge >= 0.3 is 0 Å². The summed E-state index contributed by atoms with van der Waals surface area (Å²) in [6.45, 7) is 4.62. The van der Waals surface area contributed by atoms with Crippen molar-refractivity contribution in [2.24, 2.45) is 4.99 Å². The van der Waals surface area contributed by atoms with Crippen LogP contribution < -0.4 is 0 Å². The van der Waals surface area contributed by atoms with Crippen LogP contribution in [-0.2, 0) is 4.74 Å². The maximum Gasteiger partial charge on any atom is 0.175 e. The van der Waals surface area contributed by atoms with Gasteiger partial charge in [0.2, 0.25) is 0 Å². The van der Waals surface area contributed by atoms with E-state index in [0.29, 0.717) is 0 Å². The Hall–Kier alpha value is -0.790. The van der Waals surface area contributed by atoms with Crippen molar-refractivity contribution in [1.29, 1.82) is 0 Å². The minimum Gasteiger partial charge on any atom is -0.454 e. The summed E-state index contributed by atoms with van der Waals surface area (Å²) in [7, 11) is 0. The summed E-state index contributed by atoms with van der Waals surface area (Å²) >= 11 is 0. The van der Waals surface area contributed by atoms with Crippen LogP contribution in [0.25, 0.3) is 0 Å². The first kappa shape index (κ1) is 7.21. The third-order valence-corrected chi connectivity index (χ3v) is 0.533. The molecule has 0 spiro atoms. The maximum absolute atomic E-state index is 4.75. The number of ether oxygens (including phenoxy) is 1. The zero-order valence-corrected chi connectivity index (χ0v) is 5.29. The summed E-state index contributed by atoms with van der Waals surface area (Å²) in [5, 5.41) is 0. The Morgan fingerprint density at radius 3 is 2.88 bits per heavy atom. The average Bonchev–Trinajstić information content (AvgIpc) is 1.81. The fourth-order valence-corrected chi connectivity index (χ4v) is 0.231. The molecule has 0 bridgehead atoms. The number of rotatable bonds is 3. The van der Waals surface area contributed by atoms with Crippen molar-refractivity contribution < 1.29 is 4.74 Å². The molecular formula is C6H11NO. The lowest BCUT2D eigenvalue weighted by atomic mass is 10.7. The zero-order valence-electron chi connectivity index (χ0n) is 5.29. The maximum atomic E-state index is 4.75. The smallest absolute Gasteiger partial charge is 0.175 e. The van der Waals surface area contributed by atoms with E-state index in [2.05, 4.69) is 4.99 Å². The summed E-state index contributed by atoms with van der Waals surface area (Å²) in [5.74, 6) is 0. The molecule has 0 N–H and O–H groups in total. The normalized spacial score (nSPS) is 11.2. The van der Waals surface area contributed by atoms with E-state index in [4.69, 9.17) is 4.74 Å². The van der Waals surface area contributed by atoms with E-state index in [1.165, 1.54) is 6.40 Å². The Balaban J connectivity index is 3.03. The third-order valence-electron chi connectivity index (χ3n) is 0.533. The molecule has 0 rings (SSSR count). The SMILES string of the molecule is C/C=C/OC=NCC. The van der Waals surface area contributed by atoms with Crippen LogP contribution in [-0.4, -0.2) is 12.9 Å². The molecule has 0 aliphatic carbocycles. The van der Waals surface area contributed by atoms with E-state index in [1.807, 2.05) is 19.9 Å². The van der Waals surface area contributed by atoms with Gasteiger partial charge in [-0.25, -0.2) is 0 Å². The summed E-state index contributed by atoms with van der Waals surface area (Å²) in [6, 6.07) is 0. The van der Waals surface area contributed by atoms with E-state index in [0.717, 1.165) is 6.54 Å². The van der Waals surface area contributed by atoms with Gasteiger partial charge in [0.15, 0.2) is 6.40 Å². The second kappa shape index (κ2) is 6.21. The number of allylic oxidation sites excluding steroid dienone is 1. The van der Waals surface area contributed by atoms with Crippen LogP contribution in [0.3, 0.4) is 0 Å². The second-order valence-electron chi connectivity index (χ2n) is 1.21. The molecule has 0 aromatic rings. The lowest BCUT2D eigenvalue weighted by Crippen LogP contribution is -1.76. The number of hydrogen-bond donors (Lipinski definition) is 0. The number of hydrogen-bond acceptors (Lipinski definition) is 2. The molecule has 0 saturated heterocycles. The van der Waals surface area contributed by atoms with E-state index >= 15 is 0 Å². The predicted octanol–water partition coefficient (Wildman–Crippen LogP) is 1.58. The van der Waals surface area contributed by atoms with Gasteiger partial charge in [-0.05, 0) is 13.8 Å². The first-order chi connectivity index (χ1) is 3.91. The van der Waals surface area contributed by atoms with Gasteiger partial charge in [0.1, 0.15) is 0 Å². The van der Waals surface area contributed by atoms with Crippen molar-refractivity contribution in [2.75, 3.05) is 6.54 Å².